The second kappa shape index (κ2) is 89.0. The Labute approximate surface area is 68.4 Å². The molecule has 0 spiro atoms. The molecule has 3 nitrogen and oxygen atoms in total. The summed E-state index contributed by atoms with van der Waals surface area (Å²) in [6.45, 7) is 0. The maximum atomic E-state index is 0. The van der Waals surface area contributed by atoms with Crippen molar-refractivity contribution >= 4 is 0 Å². The van der Waals surface area contributed by atoms with Crippen LogP contribution in [-0.4, -0.2) is 16.4 Å². The predicted molar refractivity (Wildman–Crippen MR) is 10.8 cm³/mol. The van der Waals surface area contributed by atoms with Crippen LogP contribution >= 0.6 is 0 Å². The quantitative estimate of drug-likeness (QED) is 0.423. The second-order valence-electron chi connectivity index (χ2n) is 0. The maximum absolute atomic E-state index is 0. The largest absolute Gasteiger partial charge is 0.412 e. The predicted octanol–water partition coefficient (Wildman–Crippen LogP) is -2.48. The molecule has 6 heteroatoms. The molecule has 6 N–H and O–H groups in total. The van der Waals surface area contributed by atoms with E-state index in [4.69, 9.17) is 0 Å². The topological polar surface area (TPSA) is 94.5 Å². The average molecular weight is 210 g/mol. The molecular weight excluding hydrogens is 204 g/mol. The Kier molecular flexibility index (Phi) is 2130. The Morgan fingerprint density at radius 2 is 0.333 bits per heavy atom. The van der Waals surface area contributed by atoms with E-state index in [2.05, 4.69) is 0 Å². The van der Waals surface area contributed by atoms with Crippen LogP contribution in [0.4, 0.5) is 0 Å². The first kappa shape index (κ1) is 144. The molecule has 0 amide bonds. The first-order valence-corrected chi connectivity index (χ1v) is 0. The molecular formula is H6Cr3O3. The van der Waals surface area contributed by atoms with Gasteiger partial charge in [0.2, 0.25) is 0 Å². The summed E-state index contributed by atoms with van der Waals surface area (Å²) in [6, 6.07) is 0. The van der Waals surface area contributed by atoms with Crippen molar-refractivity contribution in [2.45, 2.75) is 0 Å². The third-order valence-electron chi connectivity index (χ3n) is 0. The van der Waals surface area contributed by atoms with Crippen molar-refractivity contribution in [1.82, 2.24) is 0 Å². The van der Waals surface area contributed by atoms with E-state index < -0.39 is 0 Å². The molecule has 6 heavy (non-hydrogen) atoms. The van der Waals surface area contributed by atoms with Crippen LogP contribution in [0.5, 0.6) is 0 Å². The van der Waals surface area contributed by atoms with Gasteiger partial charge in [-0.3, -0.25) is 0 Å². The minimum Gasteiger partial charge on any atom is -0.412 e. The maximum Gasteiger partial charge on any atom is 0 e. The summed E-state index contributed by atoms with van der Waals surface area (Å²) < 4.78 is 0. The Morgan fingerprint density at radius 3 is 0.333 bits per heavy atom. The minimum atomic E-state index is 0. The van der Waals surface area contributed by atoms with Gasteiger partial charge in [-0.25, -0.2) is 0 Å². The third kappa shape index (κ3) is 50.3. The van der Waals surface area contributed by atoms with Gasteiger partial charge in [-0.2, -0.15) is 0 Å². The summed E-state index contributed by atoms with van der Waals surface area (Å²) in [4.78, 5) is 0. The van der Waals surface area contributed by atoms with Crippen LogP contribution in [0.2, 0.25) is 0 Å². The number of hydrogen-bond donors (Lipinski definition) is 0. The second-order valence-corrected chi connectivity index (χ2v) is 0. The summed E-state index contributed by atoms with van der Waals surface area (Å²) in [7, 11) is 0. The monoisotopic (exact) mass is 210 g/mol. The van der Waals surface area contributed by atoms with E-state index >= 15 is 0 Å². The molecule has 0 aliphatic rings. The minimum absolute atomic E-state index is 0. The van der Waals surface area contributed by atoms with E-state index in [0.29, 0.717) is 0 Å². The van der Waals surface area contributed by atoms with Gasteiger partial charge < -0.3 is 16.4 Å². The van der Waals surface area contributed by atoms with Gasteiger partial charge in [-0.05, 0) is 0 Å². The van der Waals surface area contributed by atoms with Gasteiger partial charge in [0.25, 0.3) is 0 Å². The SMILES string of the molecule is O.O.O.[Cr].[Cr].[Cr]. The van der Waals surface area contributed by atoms with Crippen LogP contribution in [0.25, 0.3) is 0 Å². The molecule has 0 aliphatic heterocycles. The molecule has 0 aromatic rings. The molecule has 0 aromatic carbocycles. The molecule has 0 atom stereocenters. The summed E-state index contributed by atoms with van der Waals surface area (Å²) in [5.41, 5.74) is 0. The number of hydrogen-bond acceptors (Lipinski definition) is 0. The van der Waals surface area contributed by atoms with E-state index in [0.717, 1.165) is 0 Å². The van der Waals surface area contributed by atoms with Crippen LogP contribution in [0.15, 0.2) is 0 Å². The van der Waals surface area contributed by atoms with Crippen LogP contribution in [0.1, 0.15) is 0 Å². The Balaban J connectivity index is 0. The Hall–Kier alpha value is 1.48. The van der Waals surface area contributed by atoms with E-state index in [1.165, 1.54) is 0 Å². The molecule has 0 saturated carbocycles. The van der Waals surface area contributed by atoms with Gasteiger partial charge in [0.15, 0.2) is 0 Å². The average Bonchev–Trinajstić information content (AvgIpc) is 0. The molecule has 0 unspecified atom stereocenters. The smallest absolute Gasteiger partial charge is 0 e. The van der Waals surface area contributed by atoms with Crippen molar-refractivity contribution < 1.29 is 68.5 Å². The fourth-order valence-electron chi connectivity index (χ4n) is 0. The molecule has 0 aliphatic carbocycles. The fourth-order valence-corrected chi connectivity index (χ4v) is 0. The first-order chi connectivity index (χ1) is 0. The van der Waals surface area contributed by atoms with Crippen molar-refractivity contribution in [3.8, 4) is 0 Å². The zero-order valence-corrected chi connectivity index (χ0v) is 6.55. The molecule has 0 heterocycles. The summed E-state index contributed by atoms with van der Waals surface area (Å²) in [5.74, 6) is 0. The zero-order chi connectivity index (χ0) is 0. The first-order valence-electron chi connectivity index (χ1n) is 0. The van der Waals surface area contributed by atoms with Crippen molar-refractivity contribution in [1.29, 1.82) is 0 Å². The molecule has 0 bridgehead atoms. The third-order valence-corrected chi connectivity index (χ3v) is 0. The summed E-state index contributed by atoms with van der Waals surface area (Å²) >= 11 is 0. The fraction of sp³-hybridized carbons (Fsp3) is 0. The Bertz CT molecular complexity index is 6.00. The van der Waals surface area contributed by atoms with Gasteiger partial charge in [-0.1, -0.05) is 0 Å². The van der Waals surface area contributed by atoms with Gasteiger partial charge in [0, 0.05) is 52.1 Å². The van der Waals surface area contributed by atoms with Gasteiger partial charge in [-0.15, -0.1) is 0 Å². The van der Waals surface area contributed by atoms with Gasteiger partial charge >= 0.3 is 0 Å². The summed E-state index contributed by atoms with van der Waals surface area (Å²) in [5, 5.41) is 0. The van der Waals surface area contributed by atoms with Crippen molar-refractivity contribution in [2.24, 2.45) is 0 Å². The van der Waals surface area contributed by atoms with Crippen molar-refractivity contribution in [3.05, 3.63) is 0 Å². The molecule has 0 saturated heterocycles. The summed E-state index contributed by atoms with van der Waals surface area (Å²) in [6.07, 6.45) is 0. The van der Waals surface area contributed by atoms with Crippen LogP contribution in [0.3, 0.4) is 0 Å². The molecule has 0 rings (SSSR count). The normalized spacial score (nSPS) is 0. The van der Waals surface area contributed by atoms with Crippen LogP contribution in [-0.2, 0) is 52.1 Å². The van der Waals surface area contributed by atoms with Crippen molar-refractivity contribution in [3.63, 3.8) is 0 Å². The van der Waals surface area contributed by atoms with Crippen LogP contribution in [0, 0.1) is 0 Å². The van der Waals surface area contributed by atoms with Crippen molar-refractivity contribution in [2.75, 3.05) is 0 Å². The Morgan fingerprint density at radius 1 is 0.333 bits per heavy atom. The van der Waals surface area contributed by atoms with E-state index in [-0.39, 0.29) is 68.5 Å². The van der Waals surface area contributed by atoms with Gasteiger partial charge in [0.1, 0.15) is 0 Å². The van der Waals surface area contributed by atoms with Gasteiger partial charge in [0.05, 0.1) is 0 Å². The molecule has 0 radical (unpaired) electrons. The number of rotatable bonds is 0. The molecule has 0 aromatic heterocycles. The van der Waals surface area contributed by atoms with Crippen LogP contribution < -0.4 is 0 Å². The zero-order valence-electron chi connectivity index (χ0n) is 2.72. The van der Waals surface area contributed by atoms with E-state index in [9.17, 15) is 0 Å². The molecule has 0 fully saturated rings. The van der Waals surface area contributed by atoms with E-state index in [1.807, 2.05) is 0 Å². The van der Waals surface area contributed by atoms with E-state index in [1.54, 1.807) is 0 Å². The standard InChI is InChI=1S/3Cr.3H2O/h;;;3*1H2. The molecule has 42 valence electrons.